The Bertz CT molecular complexity index is 151. The van der Waals surface area contributed by atoms with Crippen molar-refractivity contribution < 1.29 is 9.90 Å². The predicted octanol–water partition coefficient (Wildman–Crippen LogP) is -0.128. The molecule has 1 amide bonds. The van der Waals surface area contributed by atoms with Gasteiger partial charge in [-0.05, 0) is 13.3 Å². The molecule has 0 rings (SSSR count). The van der Waals surface area contributed by atoms with E-state index in [0.717, 1.165) is 12.8 Å². The van der Waals surface area contributed by atoms with Gasteiger partial charge in [-0.25, -0.2) is 0 Å². The number of likely N-dealkylation sites (N-methyl/N-ethyl adjacent to an activating group) is 1. The fourth-order valence-electron chi connectivity index (χ4n) is 1.06. The molecule has 0 fully saturated rings. The zero-order chi connectivity index (χ0) is 10.3. The third kappa shape index (κ3) is 5.60. The Balaban J connectivity index is 3.56. The largest absolute Gasteiger partial charge is 0.392 e. The van der Waals surface area contributed by atoms with Gasteiger partial charge in [0.25, 0.3) is 0 Å². The quantitative estimate of drug-likeness (QED) is 0.544. The van der Waals surface area contributed by atoms with Crippen LogP contribution < -0.4 is 10.6 Å². The Labute approximate surface area is 79.7 Å². The molecule has 0 aromatic rings. The van der Waals surface area contributed by atoms with Gasteiger partial charge in [0.05, 0.1) is 12.1 Å². The van der Waals surface area contributed by atoms with Gasteiger partial charge in [-0.3, -0.25) is 4.79 Å². The van der Waals surface area contributed by atoms with Crippen molar-refractivity contribution in [3.8, 4) is 0 Å². The maximum Gasteiger partial charge on any atom is 0.236 e. The summed E-state index contributed by atoms with van der Waals surface area (Å²) in [6, 6.07) is -0.239. The van der Waals surface area contributed by atoms with Gasteiger partial charge in [0.15, 0.2) is 0 Å². The fraction of sp³-hybridized carbons (Fsp3) is 0.889. The number of aliphatic hydroxyl groups excluding tert-OH is 1. The zero-order valence-corrected chi connectivity index (χ0v) is 8.63. The van der Waals surface area contributed by atoms with E-state index in [1.165, 1.54) is 0 Å². The van der Waals surface area contributed by atoms with Gasteiger partial charge in [-0.15, -0.1) is 0 Å². The second-order valence-electron chi connectivity index (χ2n) is 3.19. The minimum absolute atomic E-state index is 0.0521. The van der Waals surface area contributed by atoms with Gasteiger partial charge in [-0.2, -0.15) is 0 Å². The summed E-state index contributed by atoms with van der Waals surface area (Å²) in [5, 5.41) is 14.9. The lowest BCUT2D eigenvalue weighted by Crippen LogP contribution is -2.43. The molecule has 0 heterocycles. The Kier molecular flexibility index (Phi) is 6.54. The molecule has 4 nitrogen and oxygen atoms in total. The van der Waals surface area contributed by atoms with Gasteiger partial charge < -0.3 is 15.7 Å². The molecule has 78 valence electrons. The lowest BCUT2D eigenvalue weighted by molar-refractivity contribution is -0.122. The highest BCUT2D eigenvalue weighted by Gasteiger charge is 2.11. The van der Waals surface area contributed by atoms with E-state index in [0.29, 0.717) is 6.54 Å². The van der Waals surface area contributed by atoms with Crippen molar-refractivity contribution >= 4 is 5.91 Å². The molecule has 0 bridgehead atoms. The molecule has 2 atom stereocenters. The van der Waals surface area contributed by atoms with Crippen LogP contribution in [0.1, 0.15) is 26.7 Å². The average molecular weight is 188 g/mol. The third-order valence-corrected chi connectivity index (χ3v) is 1.92. The highest BCUT2D eigenvalue weighted by molar-refractivity contribution is 5.80. The van der Waals surface area contributed by atoms with Crippen LogP contribution in [-0.2, 0) is 4.79 Å². The zero-order valence-electron chi connectivity index (χ0n) is 8.63. The van der Waals surface area contributed by atoms with E-state index >= 15 is 0 Å². The predicted molar refractivity (Wildman–Crippen MR) is 52.4 cm³/mol. The molecule has 0 aliphatic rings. The highest BCUT2D eigenvalue weighted by atomic mass is 16.3. The molecule has 0 radical (unpaired) electrons. The summed E-state index contributed by atoms with van der Waals surface area (Å²) in [6.45, 7) is 4.27. The van der Waals surface area contributed by atoms with Crippen LogP contribution in [0.3, 0.4) is 0 Å². The van der Waals surface area contributed by atoms with Crippen molar-refractivity contribution in [1.82, 2.24) is 10.6 Å². The Morgan fingerprint density at radius 3 is 2.62 bits per heavy atom. The summed E-state index contributed by atoms with van der Waals surface area (Å²) in [5.41, 5.74) is 0. The molecule has 4 heteroatoms. The van der Waals surface area contributed by atoms with Crippen LogP contribution in [0.4, 0.5) is 0 Å². The number of hydrogen-bond acceptors (Lipinski definition) is 3. The van der Waals surface area contributed by atoms with Gasteiger partial charge in [0, 0.05) is 13.6 Å². The van der Waals surface area contributed by atoms with Crippen LogP contribution in [0.2, 0.25) is 0 Å². The summed E-state index contributed by atoms with van der Waals surface area (Å²) in [6.07, 6.45) is 1.38. The maximum atomic E-state index is 11.0. The monoisotopic (exact) mass is 188 g/mol. The second kappa shape index (κ2) is 6.86. The fourth-order valence-corrected chi connectivity index (χ4v) is 1.06. The summed E-state index contributed by atoms with van der Waals surface area (Å²) in [7, 11) is 1.60. The number of hydrogen-bond donors (Lipinski definition) is 3. The van der Waals surface area contributed by atoms with E-state index in [9.17, 15) is 9.90 Å². The van der Waals surface area contributed by atoms with E-state index < -0.39 is 0 Å². The Hall–Kier alpha value is -0.610. The molecule has 0 aromatic carbocycles. The van der Waals surface area contributed by atoms with Gasteiger partial charge in [0.2, 0.25) is 5.91 Å². The second-order valence-corrected chi connectivity index (χ2v) is 3.19. The molecule has 0 aromatic heterocycles. The van der Waals surface area contributed by atoms with Crippen molar-refractivity contribution in [2.24, 2.45) is 0 Å². The molecule has 0 aliphatic carbocycles. The summed E-state index contributed by atoms with van der Waals surface area (Å²) >= 11 is 0. The van der Waals surface area contributed by atoms with Crippen molar-refractivity contribution in [1.29, 1.82) is 0 Å². The number of rotatable bonds is 6. The van der Waals surface area contributed by atoms with E-state index in [2.05, 4.69) is 10.6 Å². The van der Waals surface area contributed by atoms with Crippen LogP contribution in [0.5, 0.6) is 0 Å². The minimum atomic E-state index is -0.350. The molecule has 0 saturated heterocycles. The number of amides is 1. The third-order valence-electron chi connectivity index (χ3n) is 1.92. The first-order valence-electron chi connectivity index (χ1n) is 4.74. The van der Waals surface area contributed by atoms with Crippen LogP contribution in [0, 0.1) is 0 Å². The first kappa shape index (κ1) is 12.4. The number of carbonyl (C=O) groups excluding carboxylic acids is 1. The molecular weight excluding hydrogens is 168 g/mol. The summed E-state index contributed by atoms with van der Waals surface area (Å²) in [5.74, 6) is -0.0521. The van der Waals surface area contributed by atoms with Crippen molar-refractivity contribution in [3.05, 3.63) is 0 Å². The Morgan fingerprint density at radius 1 is 1.54 bits per heavy atom. The van der Waals surface area contributed by atoms with Crippen LogP contribution in [0.25, 0.3) is 0 Å². The molecular formula is C9H20N2O2. The lowest BCUT2D eigenvalue weighted by atomic mass is 10.2. The van der Waals surface area contributed by atoms with Crippen LogP contribution in [0.15, 0.2) is 0 Å². The van der Waals surface area contributed by atoms with Crippen molar-refractivity contribution in [2.75, 3.05) is 13.6 Å². The maximum absolute atomic E-state index is 11.0. The molecule has 0 saturated carbocycles. The lowest BCUT2D eigenvalue weighted by Gasteiger charge is -2.15. The average Bonchev–Trinajstić information content (AvgIpc) is 2.13. The summed E-state index contributed by atoms with van der Waals surface area (Å²) < 4.78 is 0. The first-order valence-corrected chi connectivity index (χ1v) is 4.74. The van der Waals surface area contributed by atoms with Crippen molar-refractivity contribution in [2.45, 2.75) is 38.8 Å². The van der Waals surface area contributed by atoms with Crippen LogP contribution in [-0.4, -0.2) is 36.8 Å². The van der Waals surface area contributed by atoms with E-state index in [-0.39, 0.29) is 18.1 Å². The minimum Gasteiger partial charge on any atom is -0.392 e. The molecule has 0 aliphatic heterocycles. The van der Waals surface area contributed by atoms with Crippen molar-refractivity contribution in [3.63, 3.8) is 0 Å². The van der Waals surface area contributed by atoms with Crippen LogP contribution >= 0.6 is 0 Å². The van der Waals surface area contributed by atoms with Gasteiger partial charge in [-0.1, -0.05) is 13.3 Å². The van der Waals surface area contributed by atoms with E-state index in [4.69, 9.17) is 0 Å². The SMILES string of the molecule is CCCC(O)CNC(C)C(=O)NC. The first-order chi connectivity index (χ1) is 6.11. The van der Waals surface area contributed by atoms with Gasteiger partial charge in [0.1, 0.15) is 0 Å². The standard InChI is InChI=1S/C9H20N2O2/c1-4-5-8(12)6-11-7(2)9(13)10-3/h7-8,11-12H,4-6H2,1-3H3,(H,10,13). The number of carbonyl (C=O) groups is 1. The molecule has 2 unspecified atom stereocenters. The van der Waals surface area contributed by atoms with Gasteiger partial charge >= 0.3 is 0 Å². The summed E-state index contributed by atoms with van der Waals surface area (Å²) in [4.78, 5) is 11.0. The number of aliphatic hydroxyl groups is 1. The topological polar surface area (TPSA) is 61.4 Å². The number of nitrogens with one attached hydrogen (secondary N) is 2. The highest BCUT2D eigenvalue weighted by Crippen LogP contribution is 1.94. The van der Waals surface area contributed by atoms with E-state index in [1.54, 1.807) is 14.0 Å². The molecule has 0 spiro atoms. The Morgan fingerprint density at radius 2 is 2.15 bits per heavy atom. The molecule has 3 N–H and O–H groups in total. The smallest absolute Gasteiger partial charge is 0.236 e. The molecule has 13 heavy (non-hydrogen) atoms. The van der Waals surface area contributed by atoms with E-state index in [1.807, 2.05) is 6.92 Å². The normalized spacial score (nSPS) is 15.1.